The van der Waals surface area contributed by atoms with Gasteiger partial charge in [0, 0.05) is 31.5 Å². The molecule has 2 N–H and O–H groups in total. The van der Waals surface area contributed by atoms with Gasteiger partial charge in [-0.15, -0.1) is 0 Å². The number of carbonyl (C=O) groups is 2. The van der Waals surface area contributed by atoms with Crippen LogP contribution in [-0.4, -0.2) is 25.2 Å². The Labute approximate surface area is 205 Å². The van der Waals surface area contributed by atoms with Crippen molar-refractivity contribution in [1.29, 1.82) is 0 Å². The van der Waals surface area contributed by atoms with Crippen molar-refractivity contribution < 1.29 is 23.8 Å². The van der Waals surface area contributed by atoms with Gasteiger partial charge in [-0.3, -0.25) is 9.59 Å². The average Bonchev–Trinajstić information content (AvgIpc) is 3.32. The molecule has 1 aliphatic rings. The van der Waals surface area contributed by atoms with Crippen LogP contribution in [0.1, 0.15) is 30.9 Å². The number of benzene rings is 3. The number of fused-ring (bicyclic) bond motifs is 1. The second kappa shape index (κ2) is 11.9. The molecule has 3 aromatic rings. The number of hydrogen-bond donors (Lipinski definition) is 2. The molecule has 7 heteroatoms. The Morgan fingerprint density at radius 1 is 0.886 bits per heavy atom. The Kier molecular flexibility index (Phi) is 8.22. The van der Waals surface area contributed by atoms with Crippen LogP contribution in [0, 0.1) is 5.92 Å². The molecule has 0 fully saturated rings. The number of hydrogen-bond acceptors (Lipinski definition) is 5. The molecule has 0 saturated heterocycles. The second-order valence-electron chi connectivity index (χ2n) is 8.63. The molecule has 0 radical (unpaired) electrons. The smallest absolute Gasteiger partial charge is 0.231 e. The van der Waals surface area contributed by atoms with Crippen LogP contribution < -0.4 is 24.8 Å². The number of nitrogens with one attached hydrogen (secondary N) is 2. The van der Waals surface area contributed by atoms with E-state index in [0.717, 1.165) is 17.7 Å². The second-order valence-corrected chi connectivity index (χ2v) is 8.63. The molecule has 1 aliphatic heterocycles. The highest BCUT2D eigenvalue weighted by atomic mass is 16.7. The van der Waals surface area contributed by atoms with Crippen LogP contribution in [0.25, 0.3) is 0 Å². The van der Waals surface area contributed by atoms with E-state index >= 15 is 0 Å². The SMILES string of the molecule is CC(CC(=O)NCc1ccc2c(c1)OCO2)CC(=O)Nc1ccc(OCCc2ccccc2)cc1. The molecule has 4 rings (SSSR count). The van der Waals surface area contributed by atoms with E-state index in [0.29, 0.717) is 30.3 Å². The first-order valence-electron chi connectivity index (χ1n) is 11.8. The van der Waals surface area contributed by atoms with E-state index in [1.807, 2.05) is 67.6 Å². The lowest BCUT2D eigenvalue weighted by Gasteiger charge is -2.13. The molecule has 2 amide bonds. The van der Waals surface area contributed by atoms with Crippen molar-refractivity contribution in [3.8, 4) is 17.2 Å². The zero-order chi connectivity index (χ0) is 24.5. The highest BCUT2D eigenvalue weighted by Gasteiger charge is 2.16. The van der Waals surface area contributed by atoms with Gasteiger partial charge in [-0.05, 0) is 53.4 Å². The van der Waals surface area contributed by atoms with Crippen molar-refractivity contribution in [2.24, 2.45) is 5.92 Å². The third-order valence-corrected chi connectivity index (χ3v) is 5.63. The molecule has 0 spiro atoms. The van der Waals surface area contributed by atoms with Gasteiger partial charge in [0.1, 0.15) is 5.75 Å². The van der Waals surface area contributed by atoms with Crippen LogP contribution in [0.2, 0.25) is 0 Å². The molecule has 0 bridgehead atoms. The largest absolute Gasteiger partial charge is 0.493 e. The van der Waals surface area contributed by atoms with Gasteiger partial charge in [0.05, 0.1) is 6.61 Å². The van der Waals surface area contributed by atoms with Crippen molar-refractivity contribution in [3.05, 3.63) is 83.9 Å². The summed E-state index contributed by atoms with van der Waals surface area (Å²) in [7, 11) is 0. The summed E-state index contributed by atoms with van der Waals surface area (Å²) in [4.78, 5) is 24.7. The van der Waals surface area contributed by atoms with E-state index in [1.165, 1.54) is 5.56 Å². The van der Waals surface area contributed by atoms with Crippen LogP contribution in [0.15, 0.2) is 72.8 Å². The van der Waals surface area contributed by atoms with Crippen molar-refractivity contribution in [2.75, 3.05) is 18.7 Å². The van der Waals surface area contributed by atoms with Crippen molar-refractivity contribution >= 4 is 17.5 Å². The molecule has 0 aliphatic carbocycles. The lowest BCUT2D eigenvalue weighted by Crippen LogP contribution is -2.26. The monoisotopic (exact) mass is 474 g/mol. The average molecular weight is 475 g/mol. The predicted octanol–water partition coefficient (Wildman–Crippen LogP) is 4.71. The Bertz CT molecular complexity index is 1130. The standard InChI is InChI=1S/C28H30N2O5/c1-20(15-27(31)29-18-22-7-12-25-26(17-22)35-19-34-25)16-28(32)30-23-8-10-24(11-9-23)33-14-13-21-5-3-2-4-6-21/h2-12,17,20H,13-16,18-19H2,1H3,(H,29,31)(H,30,32). The van der Waals surface area contributed by atoms with Crippen LogP contribution in [0.3, 0.4) is 0 Å². The fourth-order valence-corrected chi connectivity index (χ4v) is 3.81. The highest BCUT2D eigenvalue weighted by molar-refractivity contribution is 5.91. The molecule has 1 atom stereocenters. The predicted molar refractivity (Wildman–Crippen MR) is 134 cm³/mol. The Morgan fingerprint density at radius 2 is 1.63 bits per heavy atom. The highest BCUT2D eigenvalue weighted by Crippen LogP contribution is 2.32. The lowest BCUT2D eigenvalue weighted by atomic mass is 10.0. The molecule has 7 nitrogen and oxygen atoms in total. The fraction of sp³-hybridized carbons (Fsp3) is 0.286. The maximum absolute atomic E-state index is 12.4. The first kappa shape index (κ1) is 24.1. The topological polar surface area (TPSA) is 85.9 Å². The summed E-state index contributed by atoms with van der Waals surface area (Å²) in [6.45, 7) is 3.10. The Balaban J connectivity index is 1.14. The van der Waals surface area contributed by atoms with E-state index < -0.39 is 0 Å². The van der Waals surface area contributed by atoms with Crippen LogP contribution >= 0.6 is 0 Å². The summed E-state index contributed by atoms with van der Waals surface area (Å²) in [6, 6.07) is 23.1. The Morgan fingerprint density at radius 3 is 2.43 bits per heavy atom. The maximum Gasteiger partial charge on any atom is 0.231 e. The first-order valence-corrected chi connectivity index (χ1v) is 11.8. The van der Waals surface area contributed by atoms with Gasteiger partial charge < -0.3 is 24.8 Å². The van der Waals surface area contributed by atoms with Gasteiger partial charge in [-0.2, -0.15) is 0 Å². The van der Waals surface area contributed by atoms with Gasteiger partial charge >= 0.3 is 0 Å². The zero-order valence-corrected chi connectivity index (χ0v) is 19.8. The summed E-state index contributed by atoms with van der Waals surface area (Å²) in [5, 5.41) is 5.78. The van der Waals surface area contributed by atoms with Gasteiger partial charge in [-0.1, -0.05) is 43.3 Å². The molecule has 35 heavy (non-hydrogen) atoms. The summed E-state index contributed by atoms with van der Waals surface area (Å²) in [6.07, 6.45) is 1.36. The van der Waals surface area contributed by atoms with Gasteiger partial charge in [-0.25, -0.2) is 0 Å². The van der Waals surface area contributed by atoms with Crippen molar-refractivity contribution in [3.63, 3.8) is 0 Å². The first-order chi connectivity index (χ1) is 17.0. The summed E-state index contributed by atoms with van der Waals surface area (Å²) in [5.41, 5.74) is 2.86. The molecule has 1 heterocycles. The minimum Gasteiger partial charge on any atom is -0.493 e. The summed E-state index contributed by atoms with van der Waals surface area (Å²) in [5.74, 6) is 1.84. The molecule has 0 aromatic heterocycles. The molecular formula is C28H30N2O5. The van der Waals surface area contributed by atoms with Crippen LogP contribution in [-0.2, 0) is 22.6 Å². The lowest BCUT2D eigenvalue weighted by molar-refractivity contribution is -0.122. The summed E-state index contributed by atoms with van der Waals surface area (Å²) >= 11 is 0. The molecule has 1 unspecified atom stereocenters. The van der Waals surface area contributed by atoms with Crippen LogP contribution in [0.5, 0.6) is 17.2 Å². The normalized spacial score (nSPS) is 12.6. The maximum atomic E-state index is 12.4. The van der Waals surface area contributed by atoms with E-state index in [1.54, 1.807) is 0 Å². The Hall–Kier alpha value is -4.00. The van der Waals surface area contributed by atoms with E-state index in [2.05, 4.69) is 22.8 Å². The number of rotatable bonds is 11. The minimum atomic E-state index is -0.126. The van der Waals surface area contributed by atoms with E-state index in [9.17, 15) is 9.59 Å². The van der Waals surface area contributed by atoms with Crippen molar-refractivity contribution in [1.82, 2.24) is 5.32 Å². The molecule has 182 valence electrons. The van der Waals surface area contributed by atoms with Crippen molar-refractivity contribution in [2.45, 2.75) is 32.7 Å². The van der Waals surface area contributed by atoms with Crippen LogP contribution in [0.4, 0.5) is 5.69 Å². The third-order valence-electron chi connectivity index (χ3n) is 5.63. The molecule has 0 saturated carbocycles. The molecular weight excluding hydrogens is 444 g/mol. The van der Waals surface area contributed by atoms with E-state index in [-0.39, 0.29) is 37.4 Å². The number of anilines is 1. The fourth-order valence-electron chi connectivity index (χ4n) is 3.81. The minimum absolute atomic E-state index is 0.0904. The molecule has 3 aromatic carbocycles. The van der Waals surface area contributed by atoms with E-state index in [4.69, 9.17) is 14.2 Å². The third kappa shape index (κ3) is 7.50. The summed E-state index contributed by atoms with van der Waals surface area (Å²) < 4.78 is 16.4. The number of ether oxygens (including phenoxy) is 3. The number of amides is 2. The van der Waals surface area contributed by atoms with Gasteiger partial charge in [0.25, 0.3) is 0 Å². The van der Waals surface area contributed by atoms with Gasteiger partial charge in [0.2, 0.25) is 18.6 Å². The van der Waals surface area contributed by atoms with Gasteiger partial charge in [0.15, 0.2) is 11.5 Å². The zero-order valence-electron chi connectivity index (χ0n) is 19.8. The quantitative estimate of drug-likeness (QED) is 0.420. The number of carbonyl (C=O) groups excluding carboxylic acids is 2.